The smallest absolute Gasteiger partial charge is 0.239 e. The Kier molecular flexibility index (Phi) is 4.31. The van der Waals surface area contributed by atoms with Crippen molar-refractivity contribution in [3.8, 4) is 0 Å². The highest BCUT2D eigenvalue weighted by atomic mass is 16.1. The van der Waals surface area contributed by atoms with Crippen molar-refractivity contribution < 1.29 is 4.79 Å². The molecule has 2 rings (SSSR count). The standard InChI is InChI=1S/C16H18N2O/c1-12(13-8-4-2-5-9-13)18-15(16(17)19)14-10-6-3-7-11-14/h2-12,15,18H,1H3,(H2,17,19). The molecule has 3 nitrogen and oxygen atoms in total. The van der Waals surface area contributed by atoms with Crippen LogP contribution in [-0.4, -0.2) is 5.91 Å². The molecule has 0 radical (unpaired) electrons. The molecule has 0 aliphatic carbocycles. The van der Waals surface area contributed by atoms with Crippen molar-refractivity contribution in [2.45, 2.75) is 19.0 Å². The summed E-state index contributed by atoms with van der Waals surface area (Å²) in [6, 6.07) is 19.1. The van der Waals surface area contributed by atoms with Crippen molar-refractivity contribution >= 4 is 5.91 Å². The molecule has 0 heterocycles. The minimum atomic E-state index is -0.476. The third kappa shape index (κ3) is 3.42. The van der Waals surface area contributed by atoms with Gasteiger partial charge in [0.05, 0.1) is 0 Å². The summed E-state index contributed by atoms with van der Waals surface area (Å²) in [5.41, 5.74) is 7.51. The minimum Gasteiger partial charge on any atom is -0.368 e. The first-order valence-electron chi connectivity index (χ1n) is 6.33. The van der Waals surface area contributed by atoms with E-state index in [1.54, 1.807) is 0 Å². The molecule has 3 heteroatoms. The fraction of sp³-hybridized carbons (Fsp3) is 0.188. The lowest BCUT2D eigenvalue weighted by atomic mass is 10.0. The molecule has 0 bridgehead atoms. The van der Waals surface area contributed by atoms with Gasteiger partial charge in [0.15, 0.2) is 0 Å². The Morgan fingerprint density at radius 2 is 1.42 bits per heavy atom. The molecular formula is C16H18N2O. The number of rotatable bonds is 5. The summed E-state index contributed by atoms with van der Waals surface area (Å²) in [6.07, 6.45) is 0. The van der Waals surface area contributed by atoms with Gasteiger partial charge in [0.25, 0.3) is 0 Å². The molecule has 98 valence electrons. The van der Waals surface area contributed by atoms with Crippen LogP contribution in [0.2, 0.25) is 0 Å². The minimum absolute atomic E-state index is 0.0545. The van der Waals surface area contributed by atoms with Gasteiger partial charge < -0.3 is 5.73 Å². The van der Waals surface area contributed by atoms with E-state index in [9.17, 15) is 4.79 Å². The molecule has 2 aromatic carbocycles. The van der Waals surface area contributed by atoms with Crippen LogP contribution >= 0.6 is 0 Å². The van der Waals surface area contributed by atoms with Crippen LogP contribution in [-0.2, 0) is 4.79 Å². The molecule has 0 spiro atoms. The van der Waals surface area contributed by atoms with E-state index < -0.39 is 6.04 Å². The third-order valence-corrected chi connectivity index (χ3v) is 3.13. The summed E-state index contributed by atoms with van der Waals surface area (Å²) >= 11 is 0. The lowest BCUT2D eigenvalue weighted by Crippen LogP contribution is -2.35. The summed E-state index contributed by atoms with van der Waals surface area (Å²) in [4.78, 5) is 11.6. The van der Waals surface area contributed by atoms with E-state index in [2.05, 4.69) is 5.32 Å². The van der Waals surface area contributed by atoms with Gasteiger partial charge in [-0.2, -0.15) is 0 Å². The van der Waals surface area contributed by atoms with Gasteiger partial charge in [-0.15, -0.1) is 0 Å². The zero-order valence-corrected chi connectivity index (χ0v) is 10.9. The van der Waals surface area contributed by atoms with Crippen molar-refractivity contribution in [1.82, 2.24) is 5.32 Å². The average Bonchev–Trinajstić information content (AvgIpc) is 2.46. The Labute approximate surface area is 113 Å². The van der Waals surface area contributed by atoms with E-state index in [4.69, 9.17) is 5.73 Å². The maximum Gasteiger partial charge on any atom is 0.239 e. The van der Waals surface area contributed by atoms with E-state index in [0.717, 1.165) is 11.1 Å². The van der Waals surface area contributed by atoms with Crippen LogP contribution in [0, 0.1) is 0 Å². The van der Waals surface area contributed by atoms with Crippen LogP contribution < -0.4 is 11.1 Å². The molecule has 0 fully saturated rings. The van der Waals surface area contributed by atoms with Gasteiger partial charge in [-0.25, -0.2) is 0 Å². The second kappa shape index (κ2) is 6.16. The third-order valence-electron chi connectivity index (χ3n) is 3.13. The van der Waals surface area contributed by atoms with Crippen molar-refractivity contribution in [2.24, 2.45) is 5.73 Å². The maximum absolute atomic E-state index is 11.6. The van der Waals surface area contributed by atoms with E-state index >= 15 is 0 Å². The van der Waals surface area contributed by atoms with Crippen molar-refractivity contribution in [1.29, 1.82) is 0 Å². The lowest BCUT2D eigenvalue weighted by molar-refractivity contribution is -0.120. The van der Waals surface area contributed by atoms with Crippen LogP contribution in [0.15, 0.2) is 60.7 Å². The van der Waals surface area contributed by atoms with Gasteiger partial charge in [0.1, 0.15) is 6.04 Å². The summed E-state index contributed by atoms with van der Waals surface area (Å²) in [5.74, 6) is -0.367. The van der Waals surface area contributed by atoms with Crippen LogP contribution in [0.3, 0.4) is 0 Å². The van der Waals surface area contributed by atoms with Gasteiger partial charge in [0, 0.05) is 6.04 Å². The zero-order valence-electron chi connectivity index (χ0n) is 10.9. The number of carbonyl (C=O) groups is 1. The van der Waals surface area contributed by atoms with Gasteiger partial charge >= 0.3 is 0 Å². The van der Waals surface area contributed by atoms with Gasteiger partial charge in [-0.3, -0.25) is 10.1 Å². The molecule has 2 atom stereocenters. The highest BCUT2D eigenvalue weighted by Crippen LogP contribution is 2.19. The van der Waals surface area contributed by atoms with E-state index in [1.165, 1.54) is 0 Å². The Balaban J connectivity index is 2.16. The Morgan fingerprint density at radius 1 is 0.947 bits per heavy atom. The number of carbonyl (C=O) groups excluding carboxylic acids is 1. The number of primary amides is 1. The molecule has 1 amide bonds. The Bertz CT molecular complexity index is 525. The first-order chi connectivity index (χ1) is 9.18. The summed E-state index contributed by atoms with van der Waals surface area (Å²) in [6.45, 7) is 2.02. The summed E-state index contributed by atoms with van der Waals surface area (Å²) < 4.78 is 0. The molecule has 0 saturated heterocycles. The number of hydrogen-bond donors (Lipinski definition) is 2. The quantitative estimate of drug-likeness (QED) is 0.861. The fourth-order valence-corrected chi connectivity index (χ4v) is 2.08. The summed E-state index contributed by atoms with van der Waals surface area (Å²) in [5, 5.41) is 3.27. The predicted molar refractivity (Wildman–Crippen MR) is 76.4 cm³/mol. The number of amides is 1. The van der Waals surface area contributed by atoms with E-state index in [-0.39, 0.29) is 11.9 Å². The number of benzene rings is 2. The normalized spacial score (nSPS) is 13.7. The van der Waals surface area contributed by atoms with Crippen molar-refractivity contribution in [3.05, 3.63) is 71.8 Å². The molecule has 0 aliphatic heterocycles. The number of nitrogens with one attached hydrogen (secondary N) is 1. The van der Waals surface area contributed by atoms with E-state index in [1.807, 2.05) is 67.6 Å². The maximum atomic E-state index is 11.6. The van der Waals surface area contributed by atoms with Crippen LogP contribution in [0.4, 0.5) is 0 Å². The highest BCUT2D eigenvalue weighted by molar-refractivity contribution is 5.81. The van der Waals surface area contributed by atoms with E-state index in [0.29, 0.717) is 0 Å². The van der Waals surface area contributed by atoms with Crippen LogP contribution in [0.1, 0.15) is 30.1 Å². The SMILES string of the molecule is CC(NC(C(N)=O)c1ccccc1)c1ccccc1. The molecule has 0 saturated carbocycles. The van der Waals surface area contributed by atoms with Crippen LogP contribution in [0.25, 0.3) is 0 Å². The average molecular weight is 254 g/mol. The monoisotopic (exact) mass is 254 g/mol. The Morgan fingerprint density at radius 3 is 1.89 bits per heavy atom. The fourth-order valence-electron chi connectivity index (χ4n) is 2.08. The van der Waals surface area contributed by atoms with Gasteiger partial charge in [-0.05, 0) is 18.1 Å². The van der Waals surface area contributed by atoms with Crippen molar-refractivity contribution in [2.75, 3.05) is 0 Å². The predicted octanol–water partition coefficient (Wildman–Crippen LogP) is 2.56. The second-order valence-corrected chi connectivity index (χ2v) is 4.55. The molecular weight excluding hydrogens is 236 g/mol. The second-order valence-electron chi connectivity index (χ2n) is 4.55. The van der Waals surface area contributed by atoms with Crippen LogP contribution in [0.5, 0.6) is 0 Å². The largest absolute Gasteiger partial charge is 0.368 e. The first kappa shape index (κ1) is 13.3. The first-order valence-corrected chi connectivity index (χ1v) is 6.33. The van der Waals surface area contributed by atoms with Crippen molar-refractivity contribution in [3.63, 3.8) is 0 Å². The van der Waals surface area contributed by atoms with Gasteiger partial charge in [0.2, 0.25) is 5.91 Å². The lowest BCUT2D eigenvalue weighted by Gasteiger charge is -2.21. The van der Waals surface area contributed by atoms with Gasteiger partial charge in [-0.1, -0.05) is 60.7 Å². The number of nitrogens with two attached hydrogens (primary N) is 1. The molecule has 0 aromatic heterocycles. The molecule has 2 aromatic rings. The molecule has 3 N–H and O–H groups in total. The highest BCUT2D eigenvalue weighted by Gasteiger charge is 2.19. The Hall–Kier alpha value is -2.13. The molecule has 19 heavy (non-hydrogen) atoms. The summed E-state index contributed by atoms with van der Waals surface area (Å²) in [7, 11) is 0. The topological polar surface area (TPSA) is 55.1 Å². The molecule has 2 unspecified atom stereocenters. The number of hydrogen-bond acceptors (Lipinski definition) is 2. The molecule has 0 aliphatic rings. The zero-order chi connectivity index (χ0) is 13.7.